The zero-order valence-electron chi connectivity index (χ0n) is 19.6. The van der Waals surface area contributed by atoms with Crippen molar-refractivity contribution in [3.05, 3.63) is 26.6 Å². The molecule has 0 bridgehead atoms. The molecule has 3 rings (SSSR count). The van der Waals surface area contributed by atoms with Gasteiger partial charge in [0.2, 0.25) is 5.91 Å². The Balaban J connectivity index is 1.43. The molecule has 1 N–H and O–H groups in total. The Morgan fingerprint density at radius 1 is 1.12 bits per heavy atom. The molecule has 2 aliphatic heterocycles. The second kappa shape index (κ2) is 12.0. The predicted octanol–water partition coefficient (Wildman–Crippen LogP) is 2.72. The summed E-state index contributed by atoms with van der Waals surface area (Å²) in [6, 6.07) is 4.25. The number of likely N-dealkylation sites (N-methyl/N-ethyl adjacent to an activating group) is 1. The number of carbonyl (C=O) groups excluding carboxylic acids is 2. The van der Waals surface area contributed by atoms with Crippen molar-refractivity contribution in [1.82, 2.24) is 19.8 Å². The van der Waals surface area contributed by atoms with Gasteiger partial charge >= 0.3 is 0 Å². The molecule has 2 aliphatic rings. The molecule has 2 heterocycles. The van der Waals surface area contributed by atoms with Gasteiger partial charge in [0.1, 0.15) is 5.75 Å². The highest BCUT2D eigenvalue weighted by Crippen LogP contribution is 2.34. The Hall–Kier alpha value is -1.20. The van der Waals surface area contributed by atoms with Gasteiger partial charge < -0.3 is 10.0 Å². The van der Waals surface area contributed by atoms with E-state index in [0.29, 0.717) is 28.0 Å². The molecular weight excluding hydrogens is 556 g/mol. The van der Waals surface area contributed by atoms with E-state index in [9.17, 15) is 14.7 Å². The molecule has 184 valence electrons. The zero-order valence-corrected chi connectivity index (χ0v) is 22.8. The molecule has 0 aliphatic carbocycles. The molecule has 0 spiro atoms. The number of nitrogens with zero attached hydrogens (tertiary/aromatic N) is 4. The molecule has 1 aromatic carbocycles. The normalized spacial score (nSPS) is 19.5. The van der Waals surface area contributed by atoms with E-state index in [1.165, 1.54) is 12.2 Å². The molecule has 0 unspecified atom stereocenters. The van der Waals surface area contributed by atoms with E-state index in [-0.39, 0.29) is 23.5 Å². The van der Waals surface area contributed by atoms with Crippen LogP contribution in [0.25, 0.3) is 0 Å². The second-order valence-electron chi connectivity index (χ2n) is 8.96. The van der Waals surface area contributed by atoms with Gasteiger partial charge in [-0.3, -0.25) is 24.2 Å². The van der Waals surface area contributed by atoms with Crippen LogP contribution in [0.3, 0.4) is 0 Å². The predicted molar refractivity (Wildman–Crippen MR) is 134 cm³/mol. The largest absolute Gasteiger partial charge is 0.506 e. The van der Waals surface area contributed by atoms with E-state index in [1.807, 2.05) is 24.0 Å². The van der Waals surface area contributed by atoms with E-state index in [1.54, 1.807) is 7.05 Å². The Morgan fingerprint density at radius 3 is 2.24 bits per heavy atom. The van der Waals surface area contributed by atoms with Crippen LogP contribution in [0.1, 0.15) is 25.3 Å². The van der Waals surface area contributed by atoms with Crippen molar-refractivity contribution in [1.29, 1.82) is 0 Å². The first-order chi connectivity index (χ1) is 15.7. The summed E-state index contributed by atoms with van der Waals surface area (Å²) in [6.07, 6.45) is 2.71. The molecule has 0 aromatic heterocycles. The van der Waals surface area contributed by atoms with Crippen molar-refractivity contribution in [3.63, 3.8) is 0 Å². The molecule has 10 heteroatoms. The van der Waals surface area contributed by atoms with Gasteiger partial charge in [-0.1, -0.05) is 6.92 Å². The van der Waals surface area contributed by atoms with Crippen molar-refractivity contribution < 1.29 is 19.5 Å². The number of piperazine rings is 1. The SMILES string of the molecule is CON(C)C(=O)CN1CCC(N2CCN(C(=O)[C@H](C)Cc3cc(Br)c(O)c(Br)c3)CC2)CC1. The fourth-order valence-corrected chi connectivity index (χ4v) is 5.91. The quantitative estimate of drug-likeness (QED) is 0.493. The standard InChI is InChI=1S/C23H34Br2N4O4/c1-16(12-17-13-19(24)22(31)20(25)14-17)23(32)29-10-8-28(9-11-29)18-4-6-27(7-5-18)15-21(30)26(2)33-3/h13-14,16,18,31H,4-12,15H2,1-3H3/t16-/m1/s1. The average Bonchev–Trinajstić information content (AvgIpc) is 2.82. The van der Waals surface area contributed by atoms with E-state index in [0.717, 1.165) is 57.7 Å². The molecule has 8 nitrogen and oxygen atoms in total. The lowest BCUT2D eigenvalue weighted by molar-refractivity contribution is -0.170. The minimum atomic E-state index is -0.120. The maximum absolute atomic E-state index is 13.0. The summed E-state index contributed by atoms with van der Waals surface area (Å²) in [5.74, 6) is 0.217. The number of aromatic hydroxyl groups is 1. The molecule has 2 saturated heterocycles. The number of carbonyl (C=O) groups is 2. The lowest BCUT2D eigenvalue weighted by Crippen LogP contribution is -2.55. The Labute approximate surface area is 213 Å². The zero-order chi connectivity index (χ0) is 24.1. The van der Waals surface area contributed by atoms with Crippen LogP contribution >= 0.6 is 31.9 Å². The van der Waals surface area contributed by atoms with Crippen LogP contribution in [0.4, 0.5) is 0 Å². The minimum Gasteiger partial charge on any atom is -0.506 e. The van der Waals surface area contributed by atoms with Gasteiger partial charge in [0, 0.05) is 58.3 Å². The van der Waals surface area contributed by atoms with Crippen molar-refractivity contribution >= 4 is 43.7 Å². The molecule has 0 saturated carbocycles. The second-order valence-corrected chi connectivity index (χ2v) is 10.7. The number of amides is 2. The first-order valence-electron chi connectivity index (χ1n) is 11.4. The number of rotatable bonds is 7. The van der Waals surface area contributed by atoms with Gasteiger partial charge in [-0.05, 0) is 68.8 Å². The monoisotopic (exact) mass is 588 g/mol. The number of hydrogen-bond acceptors (Lipinski definition) is 6. The number of likely N-dealkylation sites (tertiary alicyclic amines) is 1. The van der Waals surface area contributed by atoms with Crippen LogP contribution < -0.4 is 0 Å². The summed E-state index contributed by atoms with van der Waals surface area (Å²) < 4.78 is 1.25. The Bertz CT molecular complexity index is 817. The fraction of sp³-hybridized carbons (Fsp3) is 0.652. The number of hydrogen-bond donors (Lipinski definition) is 1. The summed E-state index contributed by atoms with van der Waals surface area (Å²) >= 11 is 6.72. The van der Waals surface area contributed by atoms with Crippen LogP contribution in [-0.2, 0) is 20.8 Å². The number of piperidine rings is 1. The van der Waals surface area contributed by atoms with Crippen LogP contribution in [0.2, 0.25) is 0 Å². The number of halogens is 2. The maximum atomic E-state index is 13.0. The highest BCUT2D eigenvalue weighted by Gasteiger charge is 2.31. The summed E-state index contributed by atoms with van der Waals surface area (Å²) in [5.41, 5.74) is 1.01. The van der Waals surface area contributed by atoms with Crippen LogP contribution in [0.15, 0.2) is 21.1 Å². The van der Waals surface area contributed by atoms with Crippen molar-refractivity contribution in [3.8, 4) is 5.75 Å². The first-order valence-corrected chi connectivity index (χ1v) is 13.0. The Morgan fingerprint density at radius 2 is 1.70 bits per heavy atom. The van der Waals surface area contributed by atoms with Gasteiger partial charge in [0.15, 0.2) is 0 Å². The number of benzene rings is 1. The smallest absolute Gasteiger partial charge is 0.259 e. The molecule has 1 atom stereocenters. The summed E-state index contributed by atoms with van der Waals surface area (Å²) in [6.45, 7) is 7.47. The third-order valence-corrected chi connectivity index (χ3v) is 7.93. The van der Waals surface area contributed by atoms with Crippen LogP contribution in [0, 0.1) is 5.92 Å². The van der Waals surface area contributed by atoms with E-state index < -0.39 is 0 Å². The third-order valence-electron chi connectivity index (χ3n) is 6.72. The molecule has 2 amide bonds. The number of phenolic OH excluding ortho intramolecular Hbond substituents is 1. The average molecular weight is 590 g/mol. The summed E-state index contributed by atoms with van der Waals surface area (Å²) in [7, 11) is 3.14. The molecule has 1 aromatic rings. The molecule has 0 radical (unpaired) electrons. The lowest BCUT2D eigenvalue weighted by atomic mass is 9.98. The van der Waals surface area contributed by atoms with Gasteiger partial charge in [-0.15, -0.1) is 0 Å². The number of hydroxylamine groups is 2. The van der Waals surface area contributed by atoms with Crippen LogP contribution in [0.5, 0.6) is 5.75 Å². The van der Waals surface area contributed by atoms with E-state index >= 15 is 0 Å². The van der Waals surface area contributed by atoms with E-state index in [2.05, 4.69) is 41.7 Å². The van der Waals surface area contributed by atoms with Gasteiger partial charge in [0.05, 0.1) is 22.6 Å². The first kappa shape index (κ1) is 26.4. The summed E-state index contributed by atoms with van der Waals surface area (Å²) in [4.78, 5) is 36.7. The van der Waals surface area contributed by atoms with Crippen molar-refractivity contribution in [2.75, 3.05) is 60.0 Å². The fourth-order valence-electron chi connectivity index (χ4n) is 4.63. The topological polar surface area (TPSA) is 76.6 Å². The minimum absolute atomic E-state index is 0.0239. The molecular formula is C23H34Br2N4O4. The van der Waals surface area contributed by atoms with E-state index in [4.69, 9.17) is 4.84 Å². The number of phenols is 1. The summed E-state index contributed by atoms with van der Waals surface area (Å²) in [5, 5.41) is 11.2. The van der Waals surface area contributed by atoms with Crippen molar-refractivity contribution in [2.24, 2.45) is 5.92 Å². The molecule has 2 fully saturated rings. The highest BCUT2D eigenvalue weighted by molar-refractivity contribution is 9.11. The van der Waals surface area contributed by atoms with Gasteiger partial charge in [-0.2, -0.15) is 0 Å². The maximum Gasteiger partial charge on any atom is 0.259 e. The molecule has 33 heavy (non-hydrogen) atoms. The van der Waals surface area contributed by atoms with Crippen molar-refractivity contribution in [2.45, 2.75) is 32.2 Å². The Kier molecular flexibility index (Phi) is 9.58. The third kappa shape index (κ3) is 6.91. The van der Waals surface area contributed by atoms with Gasteiger partial charge in [-0.25, -0.2) is 5.06 Å². The van der Waals surface area contributed by atoms with Gasteiger partial charge in [0.25, 0.3) is 5.91 Å². The van der Waals surface area contributed by atoms with Crippen LogP contribution in [-0.4, -0.2) is 103 Å². The lowest BCUT2D eigenvalue weighted by Gasteiger charge is -2.43. The highest BCUT2D eigenvalue weighted by atomic mass is 79.9.